The van der Waals surface area contributed by atoms with Crippen LogP contribution in [-0.2, 0) is 16.0 Å². The monoisotopic (exact) mass is 401 g/mol. The molecule has 0 bridgehead atoms. The summed E-state index contributed by atoms with van der Waals surface area (Å²) in [5, 5.41) is 3.67. The van der Waals surface area contributed by atoms with Gasteiger partial charge in [0, 0.05) is 28.1 Å². The van der Waals surface area contributed by atoms with E-state index in [1.165, 1.54) is 18.1 Å². The predicted octanol–water partition coefficient (Wildman–Crippen LogP) is 5.81. The van der Waals surface area contributed by atoms with Crippen molar-refractivity contribution < 1.29 is 9.53 Å². The normalized spacial score (nSPS) is 21.2. The first-order valence-electron chi connectivity index (χ1n) is 8.65. The highest BCUT2D eigenvalue weighted by atomic mass is 79.9. The van der Waals surface area contributed by atoms with E-state index in [1.54, 1.807) is 0 Å². The minimum atomic E-state index is -0.300. The number of benzene rings is 2. The number of esters is 1. The molecular weight excluding hydrogens is 378 g/mol. The fraction of sp³-hybridized carbons (Fsp3) is 0.381. The highest BCUT2D eigenvalue weighted by Crippen LogP contribution is 2.53. The third-order valence-corrected chi connectivity index (χ3v) is 5.49. The molecule has 1 aliphatic rings. The Morgan fingerprint density at radius 3 is 2.64 bits per heavy atom. The number of anilines is 1. The Bertz CT molecular complexity index is 800. The quantitative estimate of drug-likeness (QED) is 0.659. The fourth-order valence-electron chi connectivity index (χ4n) is 3.65. The van der Waals surface area contributed by atoms with E-state index in [0.717, 1.165) is 22.1 Å². The molecule has 0 spiro atoms. The van der Waals surface area contributed by atoms with Crippen molar-refractivity contribution in [2.75, 3.05) is 5.32 Å². The molecule has 0 radical (unpaired) electrons. The van der Waals surface area contributed by atoms with Gasteiger partial charge in [-0.1, -0.05) is 61.0 Å². The van der Waals surface area contributed by atoms with Gasteiger partial charge in [-0.05, 0) is 35.7 Å². The number of hydrogen-bond acceptors (Lipinski definition) is 3. The first-order chi connectivity index (χ1) is 11.8. The van der Waals surface area contributed by atoms with Crippen LogP contribution >= 0.6 is 15.9 Å². The van der Waals surface area contributed by atoms with E-state index in [4.69, 9.17) is 4.74 Å². The van der Waals surface area contributed by atoms with Gasteiger partial charge in [0.25, 0.3) is 0 Å². The topological polar surface area (TPSA) is 38.3 Å². The smallest absolute Gasteiger partial charge is 0.303 e. The molecule has 3 rings (SSSR count). The summed E-state index contributed by atoms with van der Waals surface area (Å²) < 4.78 is 6.86. The largest absolute Gasteiger partial charge is 0.457 e. The van der Waals surface area contributed by atoms with Crippen molar-refractivity contribution in [1.29, 1.82) is 0 Å². The molecule has 4 heteroatoms. The lowest BCUT2D eigenvalue weighted by atomic mass is 9.70. The van der Waals surface area contributed by atoms with Crippen LogP contribution in [0.1, 0.15) is 56.5 Å². The van der Waals surface area contributed by atoms with Crippen molar-refractivity contribution in [3.63, 3.8) is 0 Å². The number of hydrogen-bond donors (Lipinski definition) is 1. The molecule has 25 heavy (non-hydrogen) atoms. The number of aryl methyl sites for hydroxylation is 1. The lowest BCUT2D eigenvalue weighted by Crippen LogP contribution is -2.40. The summed E-state index contributed by atoms with van der Waals surface area (Å²) in [6.45, 7) is 7.92. The van der Waals surface area contributed by atoms with Crippen molar-refractivity contribution in [2.45, 2.75) is 46.3 Å². The second-order valence-corrected chi connectivity index (χ2v) is 8.13. The zero-order valence-electron chi connectivity index (χ0n) is 15.1. The summed E-state index contributed by atoms with van der Waals surface area (Å²) in [4.78, 5) is 11.8. The maximum Gasteiger partial charge on any atom is 0.303 e. The molecule has 0 saturated heterocycles. The lowest BCUT2D eigenvalue weighted by Gasteiger charge is -2.46. The van der Waals surface area contributed by atoms with E-state index in [2.05, 4.69) is 72.3 Å². The Morgan fingerprint density at radius 2 is 2.00 bits per heavy atom. The molecule has 2 aromatic carbocycles. The van der Waals surface area contributed by atoms with Crippen molar-refractivity contribution in [1.82, 2.24) is 0 Å². The summed E-state index contributed by atoms with van der Waals surface area (Å²) in [7, 11) is 0. The van der Waals surface area contributed by atoms with Crippen molar-refractivity contribution in [2.24, 2.45) is 5.41 Å². The maximum atomic E-state index is 11.8. The summed E-state index contributed by atoms with van der Waals surface area (Å²) >= 11 is 3.56. The van der Waals surface area contributed by atoms with Gasteiger partial charge >= 0.3 is 5.97 Å². The standard InChI is InChI=1S/C21H24BrNO2/c1-5-14-9-10-18-17(11-14)20(25-13(2)24)21(3,4)19(23-18)15-7-6-8-16(22)12-15/h6-12,19-20,23H,5H2,1-4H3/t19-,20-/m0/s1. The van der Waals surface area contributed by atoms with Crippen LogP contribution in [0.3, 0.4) is 0 Å². The second-order valence-electron chi connectivity index (χ2n) is 7.22. The molecule has 2 atom stereocenters. The first kappa shape index (κ1) is 18.0. The van der Waals surface area contributed by atoms with Gasteiger partial charge < -0.3 is 10.1 Å². The summed E-state index contributed by atoms with van der Waals surface area (Å²) in [5.41, 5.74) is 4.21. The lowest BCUT2D eigenvalue weighted by molar-refractivity contribution is -0.154. The molecule has 0 aliphatic carbocycles. The van der Waals surface area contributed by atoms with Gasteiger partial charge in [0.1, 0.15) is 6.10 Å². The minimum Gasteiger partial charge on any atom is -0.457 e. The minimum absolute atomic E-state index is 0.0364. The third kappa shape index (κ3) is 3.45. The molecule has 0 aromatic heterocycles. The predicted molar refractivity (Wildman–Crippen MR) is 105 cm³/mol. The number of ether oxygens (including phenoxy) is 1. The summed E-state index contributed by atoms with van der Waals surface area (Å²) in [5.74, 6) is -0.249. The van der Waals surface area contributed by atoms with E-state index in [1.807, 2.05) is 12.1 Å². The Balaban J connectivity index is 2.13. The average molecular weight is 402 g/mol. The van der Waals surface area contributed by atoms with Crippen molar-refractivity contribution in [3.8, 4) is 0 Å². The van der Waals surface area contributed by atoms with Crippen LogP contribution in [0.15, 0.2) is 46.9 Å². The van der Waals surface area contributed by atoms with Crippen LogP contribution in [0, 0.1) is 5.41 Å². The molecule has 0 saturated carbocycles. The van der Waals surface area contributed by atoms with Gasteiger partial charge in [0.15, 0.2) is 0 Å². The number of rotatable bonds is 3. The van der Waals surface area contributed by atoms with Gasteiger partial charge in [-0.25, -0.2) is 0 Å². The van der Waals surface area contributed by atoms with Crippen molar-refractivity contribution in [3.05, 3.63) is 63.6 Å². The van der Waals surface area contributed by atoms with Crippen LogP contribution < -0.4 is 5.32 Å². The van der Waals surface area contributed by atoms with Crippen LogP contribution in [-0.4, -0.2) is 5.97 Å². The van der Waals surface area contributed by atoms with E-state index in [-0.39, 0.29) is 23.5 Å². The van der Waals surface area contributed by atoms with E-state index in [0.29, 0.717) is 0 Å². The van der Waals surface area contributed by atoms with E-state index < -0.39 is 0 Å². The molecule has 132 valence electrons. The fourth-order valence-corrected chi connectivity index (χ4v) is 4.07. The van der Waals surface area contributed by atoms with Crippen LogP contribution in [0.2, 0.25) is 0 Å². The van der Waals surface area contributed by atoms with E-state index in [9.17, 15) is 4.79 Å². The molecular formula is C21H24BrNO2. The molecule has 0 unspecified atom stereocenters. The SMILES string of the molecule is CCc1ccc2c(c1)[C@H](OC(C)=O)C(C)(C)[C@H](c1cccc(Br)c1)N2. The van der Waals surface area contributed by atoms with Gasteiger partial charge in [0.05, 0.1) is 6.04 Å². The third-order valence-electron chi connectivity index (χ3n) is 4.99. The highest BCUT2D eigenvalue weighted by Gasteiger charge is 2.46. The number of nitrogens with one attached hydrogen (secondary N) is 1. The zero-order valence-corrected chi connectivity index (χ0v) is 16.7. The molecule has 1 aliphatic heterocycles. The molecule has 1 N–H and O–H groups in total. The number of halogens is 1. The van der Waals surface area contributed by atoms with Gasteiger partial charge in [-0.3, -0.25) is 4.79 Å². The van der Waals surface area contributed by atoms with Crippen LogP contribution in [0.4, 0.5) is 5.69 Å². The molecule has 0 fully saturated rings. The number of carbonyl (C=O) groups excluding carboxylic acids is 1. The van der Waals surface area contributed by atoms with Crippen molar-refractivity contribution >= 4 is 27.6 Å². The first-order valence-corrected chi connectivity index (χ1v) is 9.44. The maximum absolute atomic E-state index is 11.8. The van der Waals surface area contributed by atoms with Gasteiger partial charge in [-0.15, -0.1) is 0 Å². The average Bonchev–Trinajstić information content (AvgIpc) is 2.56. The molecule has 0 amide bonds. The summed E-state index contributed by atoms with van der Waals surface area (Å²) in [6.07, 6.45) is 0.659. The van der Waals surface area contributed by atoms with Crippen LogP contribution in [0.25, 0.3) is 0 Å². The Hall–Kier alpha value is -1.81. The van der Waals surface area contributed by atoms with Crippen LogP contribution in [0.5, 0.6) is 0 Å². The number of carbonyl (C=O) groups is 1. The highest BCUT2D eigenvalue weighted by molar-refractivity contribution is 9.10. The van der Waals surface area contributed by atoms with E-state index >= 15 is 0 Å². The second kappa shape index (κ2) is 6.83. The molecule has 2 aromatic rings. The molecule has 3 nitrogen and oxygen atoms in total. The Labute approximate surface area is 157 Å². The van der Waals surface area contributed by atoms with Gasteiger partial charge in [-0.2, -0.15) is 0 Å². The Kier molecular flexibility index (Phi) is 4.92. The Morgan fingerprint density at radius 1 is 1.24 bits per heavy atom. The molecule has 1 heterocycles. The van der Waals surface area contributed by atoms with Gasteiger partial charge in [0.2, 0.25) is 0 Å². The number of fused-ring (bicyclic) bond motifs is 1. The summed E-state index contributed by atoms with van der Waals surface area (Å²) in [6, 6.07) is 14.7. The zero-order chi connectivity index (χ0) is 18.2.